The summed E-state index contributed by atoms with van der Waals surface area (Å²) in [5, 5.41) is 0.482. The molecule has 2 nitrogen and oxygen atoms in total. The molecule has 0 aliphatic heterocycles. The van der Waals surface area contributed by atoms with Crippen molar-refractivity contribution in [3.05, 3.63) is 107 Å². The highest BCUT2D eigenvalue weighted by atomic mass is 35.5. The highest BCUT2D eigenvalue weighted by Gasteiger charge is 2.18. The van der Waals surface area contributed by atoms with Crippen LogP contribution in [0.25, 0.3) is 11.0 Å². The molecule has 0 saturated carbocycles. The third-order valence-corrected chi connectivity index (χ3v) is 4.70. The van der Waals surface area contributed by atoms with E-state index in [1.54, 1.807) is 0 Å². The fraction of sp³-hybridized carbons (Fsp3) is 0.0909. The Morgan fingerprint density at radius 1 is 0.640 bits per heavy atom. The normalized spacial score (nSPS) is 11.1. The lowest BCUT2D eigenvalue weighted by Gasteiger charge is -2.18. The average molecular weight is 345 g/mol. The zero-order chi connectivity index (χ0) is 17.1. The van der Waals surface area contributed by atoms with Crippen molar-refractivity contribution in [1.29, 1.82) is 0 Å². The van der Waals surface area contributed by atoms with Crippen LogP contribution >= 0.6 is 11.6 Å². The minimum absolute atomic E-state index is 0.190. The minimum atomic E-state index is 0.190. The van der Waals surface area contributed by atoms with E-state index in [2.05, 4.69) is 53.5 Å². The summed E-state index contributed by atoms with van der Waals surface area (Å²) in [5.74, 6) is 0.190. The average Bonchev–Trinajstić information content (AvgIpc) is 2.67. The second-order valence-corrected chi connectivity index (χ2v) is 6.39. The van der Waals surface area contributed by atoms with Gasteiger partial charge in [-0.15, -0.1) is 0 Å². The summed E-state index contributed by atoms with van der Waals surface area (Å²) in [5.41, 5.74) is 5.03. The second kappa shape index (κ2) is 7.04. The minimum Gasteiger partial charge on any atom is -0.248 e. The standard InChI is InChI=1S/C22H17ClN2/c23-22-21(24-19-13-7-8-14-20(19)25-22)15-18(16-9-3-1-4-10-16)17-11-5-2-6-12-17/h1-14,18H,15H2. The highest BCUT2D eigenvalue weighted by Crippen LogP contribution is 2.30. The molecule has 4 aromatic rings. The summed E-state index contributed by atoms with van der Waals surface area (Å²) in [6, 6.07) is 28.8. The zero-order valence-corrected chi connectivity index (χ0v) is 14.4. The smallest absolute Gasteiger partial charge is 0.151 e. The molecule has 3 aromatic carbocycles. The number of para-hydroxylation sites is 2. The molecule has 0 aliphatic carbocycles. The number of rotatable bonds is 4. The lowest BCUT2D eigenvalue weighted by Crippen LogP contribution is -2.08. The largest absolute Gasteiger partial charge is 0.248 e. The SMILES string of the molecule is Clc1nc2ccccc2nc1CC(c1ccccc1)c1ccccc1. The number of benzene rings is 3. The Labute approximate surface area is 152 Å². The lowest BCUT2D eigenvalue weighted by molar-refractivity contribution is 0.782. The van der Waals surface area contributed by atoms with Crippen LogP contribution in [0.1, 0.15) is 22.7 Å². The van der Waals surface area contributed by atoms with E-state index in [9.17, 15) is 0 Å². The predicted molar refractivity (Wildman–Crippen MR) is 103 cm³/mol. The summed E-state index contributed by atoms with van der Waals surface area (Å²) in [7, 11) is 0. The number of nitrogens with zero attached hydrogens (tertiary/aromatic N) is 2. The van der Waals surface area contributed by atoms with E-state index in [0.29, 0.717) is 11.6 Å². The number of aromatic nitrogens is 2. The van der Waals surface area contributed by atoms with Crippen LogP contribution in [0.2, 0.25) is 5.15 Å². The van der Waals surface area contributed by atoms with Gasteiger partial charge in [-0.05, 0) is 23.3 Å². The molecule has 0 amide bonds. The van der Waals surface area contributed by atoms with E-state index < -0.39 is 0 Å². The van der Waals surface area contributed by atoms with Gasteiger partial charge in [0, 0.05) is 12.3 Å². The van der Waals surface area contributed by atoms with Gasteiger partial charge >= 0.3 is 0 Å². The van der Waals surface area contributed by atoms with E-state index in [4.69, 9.17) is 16.6 Å². The highest BCUT2D eigenvalue weighted by molar-refractivity contribution is 6.30. The molecule has 0 aliphatic rings. The van der Waals surface area contributed by atoms with E-state index in [1.165, 1.54) is 11.1 Å². The van der Waals surface area contributed by atoms with Crippen LogP contribution in [-0.4, -0.2) is 9.97 Å². The summed E-state index contributed by atoms with van der Waals surface area (Å²) >= 11 is 6.45. The third kappa shape index (κ3) is 3.40. The van der Waals surface area contributed by atoms with Crippen molar-refractivity contribution in [3.8, 4) is 0 Å². The summed E-state index contributed by atoms with van der Waals surface area (Å²) in [6.07, 6.45) is 0.713. The van der Waals surface area contributed by atoms with Crippen LogP contribution in [0.4, 0.5) is 0 Å². The predicted octanol–water partition coefficient (Wildman–Crippen LogP) is 5.66. The van der Waals surface area contributed by atoms with Crippen molar-refractivity contribution in [2.75, 3.05) is 0 Å². The summed E-state index contributed by atoms with van der Waals surface area (Å²) in [4.78, 5) is 9.29. The quantitative estimate of drug-likeness (QED) is 0.477. The molecule has 0 atom stereocenters. The van der Waals surface area contributed by atoms with Gasteiger partial charge in [0.2, 0.25) is 0 Å². The van der Waals surface area contributed by atoms with Crippen molar-refractivity contribution in [3.63, 3.8) is 0 Å². The van der Waals surface area contributed by atoms with E-state index in [-0.39, 0.29) is 5.92 Å². The molecule has 0 fully saturated rings. The van der Waals surface area contributed by atoms with Crippen LogP contribution in [-0.2, 0) is 6.42 Å². The van der Waals surface area contributed by atoms with Crippen molar-refractivity contribution >= 4 is 22.6 Å². The van der Waals surface area contributed by atoms with Crippen LogP contribution in [0.15, 0.2) is 84.9 Å². The fourth-order valence-corrected chi connectivity index (χ4v) is 3.35. The first-order chi connectivity index (χ1) is 12.3. The third-order valence-electron chi connectivity index (χ3n) is 4.40. The maximum atomic E-state index is 6.45. The molecule has 0 radical (unpaired) electrons. The summed E-state index contributed by atoms with van der Waals surface area (Å²) < 4.78 is 0. The maximum absolute atomic E-state index is 6.45. The van der Waals surface area contributed by atoms with E-state index in [0.717, 1.165) is 16.7 Å². The first-order valence-corrected chi connectivity index (χ1v) is 8.70. The van der Waals surface area contributed by atoms with Gasteiger partial charge in [0.15, 0.2) is 5.15 Å². The molecule has 0 unspecified atom stereocenters. The number of fused-ring (bicyclic) bond motifs is 1. The van der Waals surface area contributed by atoms with Gasteiger partial charge in [-0.1, -0.05) is 84.4 Å². The Balaban J connectivity index is 1.78. The topological polar surface area (TPSA) is 25.8 Å². The zero-order valence-electron chi connectivity index (χ0n) is 13.6. The molecular weight excluding hydrogens is 328 g/mol. The first-order valence-electron chi connectivity index (χ1n) is 8.32. The molecule has 0 N–H and O–H groups in total. The molecule has 122 valence electrons. The van der Waals surface area contributed by atoms with Crippen LogP contribution in [0.3, 0.4) is 0 Å². The van der Waals surface area contributed by atoms with Crippen molar-refractivity contribution < 1.29 is 0 Å². The van der Waals surface area contributed by atoms with Gasteiger partial charge in [-0.2, -0.15) is 0 Å². The maximum Gasteiger partial charge on any atom is 0.151 e. The van der Waals surface area contributed by atoms with Gasteiger partial charge in [0.1, 0.15) is 0 Å². The molecule has 4 rings (SSSR count). The van der Waals surface area contributed by atoms with E-state index in [1.807, 2.05) is 36.4 Å². The molecule has 0 saturated heterocycles. The molecule has 25 heavy (non-hydrogen) atoms. The van der Waals surface area contributed by atoms with Gasteiger partial charge in [0.05, 0.1) is 16.7 Å². The van der Waals surface area contributed by atoms with Crippen LogP contribution < -0.4 is 0 Å². The van der Waals surface area contributed by atoms with Crippen LogP contribution in [0, 0.1) is 0 Å². The number of hydrogen-bond acceptors (Lipinski definition) is 2. The molecule has 3 heteroatoms. The Bertz CT molecular complexity index is 945. The molecule has 0 bridgehead atoms. The fourth-order valence-electron chi connectivity index (χ4n) is 3.14. The van der Waals surface area contributed by atoms with Crippen molar-refractivity contribution in [2.45, 2.75) is 12.3 Å². The monoisotopic (exact) mass is 344 g/mol. The van der Waals surface area contributed by atoms with Gasteiger partial charge in [-0.25, -0.2) is 9.97 Å². The second-order valence-electron chi connectivity index (χ2n) is 6.03. The van der Waals surface area contributed by atoms with Crippen molar-refractivity contribution in [1.82, 2.24) is 9.97 Å². The molecular formula is C22H17ClN2. The molecule has 1 aromatic heterocycles. The van der Waals surface area contributed by atoms with E-state index >= 15 is 0 Å². The number of halogens is 1. The Morgan fingerprint density at radius 2 is 1.12 bits per heavy atom. The van der Waals surface area contributed by atoms with Gasteiger partial charge < -0.3 is 0 Å². The number of hydrogen-bond donors (Lipinski definition) is 0. The lowest BCUT2D eigenvalue weighted by atomic mass is 9.87. The Kier molecular flexibility index (Phi) is 4.45. The van der Waals surface area contributed by atoms with Gasteiger partial charge in [-0.3, -0.25) is 0 Å². The van der Waals surface area contributed by atoms with Crippen molar-refractivity contribution in [2.24, 2.45) is 0 Å². The molecule has 0 spiro atoms. The Hall–Kier alpha value is -2.71. The summed E-state index contributed by atoms with van der Waals surface area (Å²) in [6.45, 7) is 0. The Morgan fingerprint density at radius 3 is 1.68 bits per heavy atom. The van der Waals surface area contributed by atoms with Crippen LogP contribution in [0.5, 0.6) is 0 Å². The van der Waals surface area contributed by atoms with Gasteiger partial charge in [0.25, 0.3) is 0 Å². The molecule has 1 heterocycles. The first kappa shape index (κ1) is 15.8.